The summed E-state index contributed by atoms with van der Waals surface area (Å²) in [7, 11) is 3.97. The Labute approximate surface area is 157 Å². The normalized spacial score (nSPS) is 11.8. The summed E-state index contributed by atoms with van der Waals surface area (Å²) in [4.78, 5) is 22.1. The molecule has 0 unspecified atom stereocenters. The van der Waals surface area contributed by atoms with E-state index in [1.165, 1.54) is 11.8 Å². The number of nitrogens with one attached hydrogen (secondary N) is 2. The highest BCUT2D eigenvalue weighted by Gasteiger charge is 2.16. The van der Waals surface area contributed by atoms with E-state index in [0.717, 1.165) is 27.8 Å². The van der Waals surface area contributed by atoms with Crippen LogP contribution in [0.1, 0.15) is 6.92 Å². The smallest absolute Gasteiger partial charge is 0.237 e. The van der Waals surface area contributed by atoms with Crippen LogP contribution < -0.4 is 10.2 Å². The minimum atomic E-state index is -0.265. The van der Waals surface area contributed by atoms with Crippen molar-refractivity contribution >= 4 is 29.0 Å². The Bertz CT molecular complexity index is 859. The zero-order valence-corrected chi connectivity index (χ0v) is 15.9. The first kappa shape index (κ1) is 18.1. The van der Waals surface area contributed by atoms with Gasteiger partial charge in [-0.3, -0.25) is 4.79 Å². The van der Waals surface area contributed by atoms with Gasteiger partial charge in [-0.2, -0.15) is 0 Å². The van der Waals surface area contributed by atoms with Crippen LogP contribution in [-0.4, -0.2) is 35.2 Å². The lowest BCUT2D eigenvalue weighted by atomic mass is 10.2. The number of aromatic amines is 1. The second kappa shape index (κ2) is 8.10. The Balaban J connectivity index is 1.60. The van der Waals surface area contributed by atoms with Crippen LogP contribution in [0.4, 0.5) is 11.4 Å². The number of rotatable bonds is 6. The SMILES string of the molecule is C[C@H](Sc1ncc(-c2ccccc2)[nH]1)C(=O)Nc1ccc(N(C)C)cc1. The maximum atomic E-state index is 12.4. The molecule has 0 bridgehead atoms. The van der Waals surface area contributed by atoms with Gasteiger partial charge in [0.05, 0.1) is 17.1 Å². The number of H-pyrrole nitrogens is 1. The highest BCUT2D eigenvalue weighted by molar-refractivity contribution is 8.00. The van der Waals surface area contributed by atoms with Crippen molar-refractivity contribution in [2.45, 2.75) is 17.3 Å². The largest absolute Gasteiger partial charge is 0.378 e. The maximum Gasteiger partial charge on any atom is 0.237 e. The van der Waals surface area contributed by atoms with Crippen molar-refractivity contribution in [3.63, 3.8) is 0 Å². The van der Waals surface area contributed by atoms with Gasteiger partial charge in [0.1, 0.15) is 0 Å². The molecule has 0 aliphatic heterocycles. The van der Waals surface area contributed by atoms with Crippen LogP contribution in [0.15, 0.2) is 66.0 Å². The van der Waals surface area contributed by atoms with Crippen LogP contribution in [-0.2, 0) is 4.79 Å². The van der Waals surface area contributed by atoms with Gasteiger partial charge in [-0.1, -0.05) is 42.1 Å². The van der Waals surface area contributed by atoms with Crippen LogP contribution in [0.5, 0.6) is 0 Å². The molecule has 3 aromatic rings. The van der Waals surface area contributed by atoms with E-state index < -0.39 is 0 Å². The van der Waals surface area contributed by atoms with Gasteiger partial charge in [0.2, 0.25) is 5.91 Å². The fourth-order valence-corrected chi connectivity index (χ4v) is 3.22. The highest BCUT2D eigenvalue weighted by Crippen LogP contribution is 2.25. The van der Waals surface area contributed by atoms with Crippen LogP contribution in [0.25, 0.3) is 11.3 Å². The number of aromatic nitrogens is 2. The number of carbonyl (C=O) groups excluding carboxylic acids is 1. The molecule has 2 N–H and O–H groups in total. The van der Waals surface area contributed by atoms with E-state index in [0.29, 0.717) is 0 Å². The maximum absolute atomic E-state index is 12.4. The molecule has 1 amide bonds. The fraction of sp³-hybridized carbons (Fsp3) is 0.200. The Morgan fingerprint density at radius 1 is 1.12 bits per heavy atom. The molecule has 2 aromatic carbocycles. The molecule has 0 saturated carbocycles. The quantitative estimate of drug-likeness (QED) is 0.640. The Morgan fingerprint density at radius 2 is 1.81 bits per heavy atom. The van der Waals surface area contributed by atoms with Gasteiger partial charge in [0.15, 0.2) is 5.16 Å². The number of thioether (sulfide) groups is 1. The summed E-state index contributed by atoms with van der Waals surface area (Å²) in [6, 6.07) is 17.8. The molecule has 0 aliphatic rings. The van der Waals surface area contributed by atoms with Crippen LogP contribution in [0, 0.1) is 0 Å². The summed E-state index contributed by atoms with van der Waals surface area (Å²) in [5.41, 5.74) is 3.90. The predicted octanol–water partition coefficient (Wildman–Crippen LogP) is 4.26. The molecular weight excluding hydrogens is 344 g/mol. The van der Waals surface area contributed by atoms with Gasteiger partial charge in [-0.05, 0) is 36.8 Å². The molecule has 1 aromatic heterocycles. The zero-order valence-electron chi connectivity index (χ0n) is 15.1. The Kier molecular flexibility index (Phi) is 5.63. The molecule has 5 nitrogen and oxygen atoms in total. The van der Waals surface area contributed by atoms with Crippen molar-refractivity contribution in [3.05, 3.63) is 60.8 Å². The minimum absolute atomic E-state index is 0.0507. The van der Waals surface area contributed by atoms with E-state index in [-0.39, 0.29) is 11.2 Å². The molecule has 0 saturated heterocycles. The molecule has 6 heteroatoms. The van der Waals surface area contributed by atoms with Crippen molar-refractivity contribution in [1.82, 2.24) is 9.97 Å². The third-order valence-electron chi connectivity index (χ3n) is 3.95. The lowest BCUT2D eigenvalue weighted by Gasteiger charge is -2.14. The van der Waals surface area contributed by atoms with Gasteiger partial charge < -0.3 is 15.2 Å². The van der Waals surface area contributed by atoms with Gasteiger partial charge in [-0.25, -0.2) is 4.98 Å². The summed E-state index contributed by atoms with van der Waals surface area (Å²) < 4.78 is 0. The number of imidazole rings is 1. The zero-order chi connectivity index (χ0) is 18.5. The summed E-state index contributed by atoms with van der Waals surface area (Å²) >= 11 is 1.41. The number of amides is 1. The van der Waals surface area contributed by atoms with E-state index in [4.69, 9.17) is 0 Å². The monoisotopic (exact) mass is 366 g/mol. The standard InChI is InChI=1S/C20H22N4OS/c1-14(19(25)22-16-9-11-17(12-10-16)24(2)3)26-20-21-13-18(23-20)15-7-5-4-6-8-15/h4-14H,1-3H3,(H,21,23)(H,22,25)/t14-/m0/s1. The van der Waals surface area contributed by atoms with Crippen molar-refractivity contribution in [3.8, 4) is 11.3 Å². The summed E-state index contributed by atoms with van der Waals surface area (Å²) in [6.45, 7) is 1.87. The number of hydrogen-bond acceptors (Lipinski definition) is 4. The third-order valence-corrected chi connectivity index (χ3v) is 4.94. The molecule has 0 fully saturated rings. The van der Waals surface area contributed by atoms with Crippen LogP contribution in [0.2, 0.25) is 0 Å². The number of hydrogen-bond donors (Lipinski definition) is 2. The molecule has 1 atom stereocenters. The third kappa shape index (κ3) is 4.46. The molecule has 0 aliphatic carbocycles. The van der Waals surface area contributed by atoms with Gasteiger partial charge in [-0.15, -0.1) is 0 Å². The molecule has 3 rings (SSSR count). The molecule has 1 heterocycles. The average Bonchev–Trinajstić information content (AvgIpc) is 3.11. The van der Waals surface area contributed by atoms with E-state index in [9.17, 15) is 4.79 Å². The lowest BCUT2D eigenvalue weighted by Crippen LogP contribution is -2.22. The first-order chi connectivity index (χ1) is 12.5. The Morgan fingerprint density at radius 3 is 2.46 bits per heavy atom. The van der Waals surface area contributed by atoms with Gasteiger partial charge >= 0.3 is 0 Å². The van der Waals surface area contributed by atoms with Crippen molar-refractivity contribution < 1.29 is 4.79 Å². The molecule has 0 spiro atoms. The summed E-state index contributed by atoms with van der Waals surface area (Å²) in [6.07, 6.45) is 1.79. The first-order valence-electron chi connectivity index (χ1n) is 8.38. The van der Waals surface area contributed by atoms with E-state index in [1.807, 2.05) is 80.5 Å². The van der Waals surface area contributed by atoms with Crippen molar-refractivity contribution in [2.75, 3.05) is 24.3 Å². The topological polar surface area (TPSA) is 61.0 Å². The second-order valence-electron chi connectivity index (χ2n) is 6.16. The number of carbonyl (C=O) groups is 1. The minimum Gasteiger partial charge on any atom is -0.378 e. The van der Waals surface area contributed by atoms with Gasteiger partial charge in [0, 0.05) is 25.5 Å². The molecule has 0 radical (unpaired) electrons. The molecule has 26 heavy (non-hydrogen) atoms. The first-order valence-corrected chi connectivity index (χ1v) is 9.26. The van der Waals surface area contributed by atoms with Gasteiger partial charge in [0.25, 0.3) is 0 Å². The van der Waals surface area contributed by atoms with E-state index >= 15 is 0 Å². The number of anilines is 2. The molecular formula is C20H22N4OS. The highest BCUT2D eigenvalue weighted by atomic mass is 32.2. The lowest BCUT2D eigenvalue weighted by molar-refractivity contribution is -0.115. The summed E-state index contributed by atoms with van der Waals surface area (Å²) in [5, 5.41) is 3.41. The fourth-order valence-electron chi connectivity index (χ4n) is 2.43. The Hall–Kier alpha value is -2.73. The van der Waals surface area contributed by atoms with Crippen molar-refractivity contribution in [1.29, 1.82) is 0 Å². The summed E-state index contributed by atoms with van der Waals surface area (Å²) in [5.74, 6) is -0.0507. The van der Waals surface area contributed by atoms with Crippen LogP contribution in [0.3, 0.4) is 0 Å². The van der Waals surface area contributed by atoms with E-state index in [2.05, 4.69) is 15.3 Å². The number of nitrogens with zero attached hydrogens (tertiary/aromatic N) is 2. The van der Waals surface area contributed by atoms with Crippen molar-refractivity contribution in [2.24, 2.45) is 0 Å². The predicted molar refractivity (Wildman–Crippen MR) is 109 cm³/mol. The average molecular weight is 366 g/mol. The number of benzene rings is 2. The van der Waals surface area contributed by atoms with E-state index in [1.54, 1.807) is 6.20 Å². The molecule has 134 valence electrons. The second-order valence-corrected chi connectivity index (χ2v) is 7.49. The van der Waals surface area contributed by atoms with Crippen LogP contribution >= 0.6 is 11.8 Å².